The number of nitrogens with zero attached hydrogens (tertiary/aromatic N) is 1. The van der Waals surface area contributed by atoms with E-state index in [-0.39, 0.29) is 25.1 Å². The first-order valence-electron chi connectivity index (χ1n) is 7.20. The molecule has 5 nitrogen and oxygen atoms in total. The summed E-state index contributed by atoms with van der Waals surface area (Å²) >= 11 is 0. The number of carbonyl (C=O) groups is 3. The lowest BCUT2D eigenvalue weighted by Crippen LogP contribution is -2.36. The molecular formula is C14H26N2O3. The summed E-state index contributed by atoms with van der Waals surface area (Å²) < 4.78 is 0. The van der Waals surface area contributed by atoms with Gasteiger partial charge in [0.25, 0.3) is 0 Å². The maximum atomic E-state index is 11.5. The predicted octanol–water partition coefficient (Wildman–Crippen LogP) is 1.70. The quantitative estimate of drug-likeness (QED) is 0.792. The molecule has 2 rings (SSSR count). The molecule has 19 heavy (non-hydrogen) atoms. The van der Waals surface area contributed by atoms with Crippen molar-refractivity contribution in [2.45, 2.75) is 52.4 Å². The average Bonchev–Trinajstić information content (AvgIpc) is 2.73. The first kappa shape index (κ1) is 15.7. The molecule has 110 valence electrons. The number of hydrogen-bond acceptors (Lipinski definition) is 3. The maximum Gasteiger partial charge on any atom is 0.229 e. The SMILES string of the molecule is CC.NC(=O)C1CCC(CN2C(=O)CCC2=O)CC1.[HH]. The number of carbonyl (C=O) groups excluding carboxylic acids is 3. The van der Waals surface area contributed by atoms with Crippen LogP contribution in [0.15, 0.2) is 0 Å². The van der Waals surface area contributed by atoms with Gasteiger partial charge < -0.3 is 5.73 Å². The molecule has 0 aromatic carbocycles. The fourth-order valence-corrected chi connectivity index (χ4v) is 2.71. The highest BCUT2D eigenvalue weighted by molar-refractivity contribution is 6.01. The summed E-state index contributed by atoms with van der Waals surface area (Å²) in [6, 6.07) is 0. The summed E-state index contributed by atoms with van der Waals surface area (Å²) in [6.45, 7) is 4.53. The molecule has 0 aromatic heterocycles. The van der Waals surface area contributed by atoms with Crippen molar-refractivity contribution < 1.29 is 15.8 Å². The van der Waals surface area contributed by atoms with E-state index in [1.807, 2.05) is 13.8 Å². The minimum Gasteiger partial charge on any atom is -0.369 e. The number of primary amides is 1. The number of nitrogens with two attached hydrogens (primary N) is 1. The molecule has 2 fully saturated rings. The molecule has 0 bridgehead atoms. The number of imide groups is 1. The second kappa shape index (κ2) is 7.26. The van der Waals surface area contributed by atoms with Crippen molar-refractivity contribution in [3.63, 3.8) is 0 Å². The fourth-order valence-electron chi connectivity index (χ4n) is 2.71. The number of rotatable bonds is 3. The van der Waals surface area contributed by atoms with Crippen molar-refractivity contribution in [1.82, 2.24) is 4.90 Å². The van der Waals surface area contributed by atoms with Crippen LogP contribution in [0.2, 0.25) is 0 Å². The summed E-state index contributed by atoms with van der Waals surface area (Å²) in [5.41, 5.74) is 5.26. The molecule has 1 aliphatic heterocycles. The Balaban J connectivity index is 0.00000115. The first-order chi connectivity index (χ1) is 9.08. The van der Waals surface area contributed by atoms with Crippen molar-refractivity contribution in [2.24, 2.45) is 17.6 Å². The molecular weight excluding hydrogens is 244 g/mol. The van der Waals surface area contributed by atoms with Crippen LogP contribution >= 0.6 is 0 Å². The zero-order valence-electron chi connectivity index (χ0n) is 11.9. The lowest BCUT2D eigenvalue weighted by molar-refractivity contribution is -0.139. The van der Waals surface area contributed by atoms with Crippen LogP contribution in [0, 0.1) is 11.8 Å². The van der Waals surface area contributed by atoms with E-state index in [0.29, 0.717) is 25.3 Å². The highest BCUT2D eigenvalue weighted by atomic mass is 16.2. The second-order valence-electron chi connectivity index (χ2n) is 5.02. The normalized spacial score (nSPS) is 26.9. The van der Waals surface area contributed by atoms with E-state index >= 15 is 0 Å². The topological polar surface area (TPSA) is 80.5 Å². The van der Waals surface area contributed by atoms with Crippen molar-refractivity contribution in [3.05, 3.63) is 0 Å². The first-order valence-corrected chi connectivity index (χ1v) is 7.20. The van der Waals surface area contributed by atoms with Crippen molar-refractivity contribution in [2.75, 3.05) is 6.54 Å². The van der Waals surface area contributed by atoms with Gasteiger partial charge in [0.15, 0.2) is 0 Å². The Labute approximate surface area is 116 Å². The molecule has 0 spiro atoms. The molecule has 5 heteroatoms. The van der Waals surface area contributed by atoms with Gasteiger partial charge in [-0.3, -0.25) is 19.3 Å². The van der Waals surface area contributed by atoms with E-state index in [2.05, 4.69) is 0 Å². The Morgan fingerprint density at radius 1 is 1.16 bits per heavy atom. The summed E-state index contributed by atoms with van der Waals surface area (Å²) in [6.07, 6.45) is 4.05. The van der Waals surface area contributed by atoms with E-state index in [9.17, 15) is 14.4 Å². The minimum absolute atomic E-state index is 0. The van der Waals surface area contributed by atoms with E-state index in [0.717, 1.165) is 25.7 Å². The molecule has 1 saturated carbocycles. The summed E-state index contributed by atoms with van der Waals surface area (Å²) in [4.78, 5) is 35.3. The van der Waals surface area contributed by atoms with Crippen molar-refractivity contribution in [3.8, 4) is 0 Å². The molecule has 1 heterocycles. The number of likely N-dealkylation sites (tertiary alicyclic amines) is 1. The molecule has 0 atom stereocenters. The highest BCUT2D eigenvalue weighted by Crippen LogP contribution is 2.30. The summed E-state index contributed by atoms with van der Waals surface area (Å²) in [5, 5.41) is 0. The van der Waals surface area contributed by atoms with Gasteiger partial charge in [-0.05, 0) is 31.6 Å². The lowest BCUT2D eigenvalue weighted by atomic mass is 9.81. The third kappa shape index (κ3) is 4.04. The van der Waals surface area contributed by atoms with Crippen LogP contribution < -0.4 is 5.73 Å². The van der Waals surface area contributed by atoms with Gasteiger partial charge in [0.1, 0.15) is 0 Å². The van der Waals surface area contributed by atoms with Crippen LogP contribution in [-0.2, 0) is 14.4 Å². The molecule has 3 amide bonds. The van der Waals surface area contributed by atoms with Crippen LogP contribution in [0.4, 0.5) is 0 Å². The van der Waals surface area contributed by atoms with E-state index in [1.165, 1.54) is 4.90 Å². The van der Waals surface area contributed by atoms with Gasteiger partial charge in [-0.2, -0.15) is 0 Å². The van der Waals surface area contributed by atoms with E-state index in [4.69, 9.17) is 5.73 Å². The molecule has 2 N–H and O–H groups in total. The van der Waals surface area contributed by atoms with Crippen LogP contribution in [-0.4, -0.2) is 29.2 Å². The van der Waals surface area contributed by atoms with Crippen molar-refractivity contribution in [1.29, 1.82) is 0 Å². The van der Waals surface area contributed by atoms with Gasteiger partial charge in [0.05, 0.1) is 0 Å². The highest BCUT2D eigenvalue weighted by Gasteiger charge is 2.32. The summed E-state index contributed by atoms with van der Waals surface area (Å²) in [5.74, 6) is 0.00339. The zero-order valence-corrected chi connectivity index (χ0v) is 11.9. The van der Waals surface area contributed by atoms with Gasteiger partial charge in [-0.1, -0.05) is 13.8 Å². The largest absolute Gasteiger partial charge is 0.369 e. The van der Waals surface area contributed by atoms with E-state index < -0.39 is 0 Å². The van der Waals surface area contributed by atoms with Crippen molar-refractivity contribution >= 4 is 17.7 Å². The Morgan fingerprint density at radius 2 is 1.63 bits per heavy atom. The molecule has 1 saturated heterocycles. The van der Waals surface area contributed by atoms with Crippen LogP contribution in [0.25, 0.3) is 0 Å². The number of amides is 3. The van der Waals surface area contributed by atoms with Gasteiger partial charge in [-0.25, -0.2) is 0 Å². The number of hydrogen-bond donors (Lipinski definition) is 1. The Bertz CT molecular complexity index is 336. The molecule has 2 aliphatic rings. The standard InChI is InChI=1S/C12H18N2O3.C2H6.H2/c13-12(17)9-3-1-8(2-4-9)7-14-10(15)5-6-11(14)16;1-2;/h8-9H,1-7H2,(H2,13,17);1-2H3;1H. The monoisotopic (exact) mass is 270 g/mol. The minimum atomic E-state index is -0.225. The van der Waals surface area contributed by atoms with Gasteiger partial charge in [0, 0.05) is 26.7 Å². The van der Waals surface area contributed by atoms with Crippen LogP contribution in [0.5, 0.6) is 0 Å². The summed E-state index contributed by atoms with van der Waals surface area (Å²) in [7, 11) is 0. The molecule has 0 aromatic rings. The van der Waals surface area contributed by atoms with Crippen LogP contribution in [0.3, 0.4) is 0 Å². The second-order valence-corrected chi connectivity index (χ2v) is 5.02. The Hall–Kier alpha value is -1.39. The Kier molecular flexibility index (Phi) is 5.99. The van der Waals surface area contributed by atoms with E-state index in [1.54, 1.807) is 0 Å². The van der Waals surface area contributed by atoms with Gasteiger partial charge in [0.2, 0.25) is 17.7 Å². The maximum absolute atomic E-state index is 11.5. The van der Waals surface area contributed by atoms with Gasteiger partial charge >= 0.3 is 0 Å². The smallest absolute Gasteiger partial charge is 0.229 e. The molecule has 1 aliphatic carbocycles. The van der Waals surface area contributed by atoms with Crippen LogP contribution in [0.1, 0.15) is 53.8 Å². The Morgan fingerprint density at radius 3 is 2.05 bits per heavy atom. The third-order valence-electron chi connectivity index (χ3n) is 3.84. The average molecular weight is 270 g/mol. The molecule has 0 unspecified atom stereocenters. The lowest BCUT2D eigenvalue weighted by Gasteiger charge is -2.29. The third-order valence-corrected chi connectivity index (χ3v) is 3.84. The predicted molar refractivity (Wildman–Crippen MR) is 74.1 cm³/mol. The van der Waals surface area contributed by atoms with Gasteiger partial charge in [-0.15, -0.1) is 0 Å². The fraction of sp³-hybridized carbons (Fsp3) is 0.786. The molecule has 0 radical (unpaired) electrons. The zero-order chi connectivity index (χ0) is 14.4.